The third-order valence-corrected chi connectivity index (χ3v) is 4.12. The zero-order valence-corrected chi connectivity index (χ0v) is 14.3. The fourth-order valence-corrected chi connectivity index (χ4v) is 2.90. The fraction of sp³-hybridized carbons (Fsp3) is 0.375. The van der Waals surface area contributed by atoms with Crippen molar-refractivity contribution < 1.29 is 4.74 Å². The fourth-order valence-electron chi connectivity index (χ4n) is 2.35. The summed E-state index contributed by atoms with van der Waals surface area (Å²) in [6, 6.07) is 6.44. The van der Waals surface area contributed by atoms with Crippen LogP contribution in [0.1, 0.15) is 42.9 Å². The van der Waals surface area contributed by atoms with Crippen LogP contribution < -0.4 is 10.1 Å². The molecule has 1 aromatic heterocycles. The summed E-state index contributed by atoms with van der Waals surface area (Å²) in [6.07, 6.45) is 3.45. The Morgan fingerprint density at radius 3 is 2.48 bits per heavy atom. The van der Waals surface area contributed by atoms with Crippen molar-refractivity contribution >= 4 is 15.9 Å². The number of hydrogen-bond acceptors (Lipinski definition) is 4. The molecule has 1 N–H and O–H groups in total. The molecule has 21 heavy (non-hydrogen) atoms. The van der Waals surface area contributed by atoms with Crippen LogP contribution in [0.4, 0.5) is 0 Å². The molecule has 112 valence electrons. The van der Waals surface area contributed by atoms with Crippen LogP contribution in [0.3, 0.4) is 0 Å². The third-order valence-electron chi connectivity index (χ3n) is 3.51. The Bertz CT molecular complexity index is 618. The van der Waals surface area contributed by atoms with Gasteiger partial charge in [-0.25, -0.2) is 0 Å². The minimum absolute atomic E-state index is 0.134. The first-order valence-electron chi connectivity index (χ1n) is 6.90. The molecule has 0 aliphatic carbocycles. The first-order valence-corrected chi connectivity index (χ1v) is 7.69. The van der Waals surface area contributed by atoms with E-state index in [1.165, 1.54) is 5.56 Å². The van der Waals surface area contributed by atoms with Crippen molar-refractivity contribution in [2.24, 2.45) is 0 Å². The number of aryl methyl sites for hydroxylation is 1. The number of halogens is 1. The van der Waals surface area contributed by atoms with Crippen LogP contribution in [0.15, 0.2) is 35.1 Å². The van der Waals surface area contributed by atoms with Crippen LogP contribution in [0.25, 0.3) is 0 Å². The van der Waals surface area contributed by atoms with Gasteiger partial charge in [0.2, 0.25) is 0 Å². The van der Waals surface area contributed by atoms with E-state index in [9.17, 15) is 0 Å². The number of methoxy groups -OCH3 is 1. The molecule has 2 rings (SSSR count). The molecule has 2 unspecified atom stereocenters. The lowest BCUT2D eigenvalue weighted by Gasteiger charge is -2.21. The van der Waals surface area contributed by atoms with Gasteiger partial charge in [-0.1, -0.05) is 6.07 Å². The van der Waals surface area contributed by atoms with Crippen molar-refractivity contribution in [2.75, 3.05) is 7.11 Å². The molecule has 4 nitrogen and oxygen atoms in total. The highest BCUT2D eigenvalue weighted by molar-refractivity contribution is 9.10. The van der Waals surface area contributed by atoms with Crippen molar-refractivity contribution in [3.63, 3.8) is 0 Å². The molecule has 1 aromatic carbocycles. The Kier molecular flexibility index (Phi) is 5.31. The quantitative estimate of drug-likeness (QED) is 0.887. The molecule has 2 aromatic rings. The van der Waals surface area contributed by atoms with E-state index in [-0.39, 0.29) is 12.1 Å². The molecule has 2 atom stereocenters. The molecule has 1 heterocycles. The van der Waals surface area contributed by atoms with Gasteiger partial charge >= 0.3 is 0 Å². The lowest BCUT2D eigenvalue weighted by Crippen LogP contribution is -2.24. The Morgan fingerprint density at radius 2 is 1.86 bits per heavy atom. The maximum absolute atomic E-state index is 5.26. The number of rotatable bonds is 5. The molecule has 0 bridgehead atoms. The molecule has 0 spiro atoms. The molecular formula is C16H20BrN3O. The summed E-state index contributed by atoms with van der Waals surface area (Å²) in [4.78, 5) is 8.71. The lowest BCUT2D eigenvalue weighted by molar-refractivity contribution is 0.411. The van der Waals surface area contributed by atoms with Gasteiger partial charge in [0.25, 0.3) is 0 Å². The van der Waals surface area contributed by atoms with E-state index >= 15 is 0 Å². The summed E-state index contributed by atoms with van der Waals surface area (Å²) in [7, 11) is 1.67. The number of nitrogens with zero attached hydrogens (tertiary/aromatic N) is 2. The van der Waals surface area contributed by atoms with E-state index in [2.05, 4.69) is 57.2 Å². The van der Waals surface area contributed by atoms with Crippen molar-refractivity contribution in [3.05, 3.63) is 52.0 Å². The molecule has 0 aliphatic heterocycles. The molecule has 0 saturated carbocycles. The second-order valence-electron chi connectivity index (χ2n) is 5.03. The van der Waals surface area contributed by atoms with E-state index in [0.717, 1.165) is 21.6 Å². The first kappa shape index (κ1) is 15.9. The number of hydrogen-bond donors (Lipinski definition) is 1. The zero-order chi connectivity index (χ0) is 15.4. The Labute approximate surface area is 134 Å². The van der Waals surface area contributed by atoms with Crippen molar-refractivity contribution in [1.29, 1.82) is 0 Å². The first-order chi connectivity index (χ1) is 10.0. The topological polar surface area (TPSA) is 47.0 Å². The molecular weight excluding hydrogens is 330 g/mol. The Balaban J connectivity index is 2.12. The maximum atomic E-state index is 5.26. The van der Waals surface area contributed by atoms with Crippen molar-refractivity contribution in [1.82, 2.24) is 15.3 Å². The predicted octanol–water partition coefficient (Wildman–Crippen LogP) is 3.97. The van der Waals surface area contributed by atoms with E-state index in [4.69, 9.17) is 4.74 Å². The van der Waals surface area contributed by atoms with Gasteiger partial charge in [0, 0.05) is 24.5 Å². The smallest absolute Gasteiger partial charge is 0.133 e. The molecule has 0 amide bonds. The molecule has 5 heteroatoms. The van der Waals surface area contributed by atoms with Crippen LogP contribution in [-0.4, -0.2) is 17.1 Å². The summed E-state index contributed by atoms with van der Waals surface area (Å²) >= 11 is 3.52. The van der Waals surface area contributed by atoms with E-state index in [1.54, 1.807) is 19.5 Å². The van der Waals surface area contributed by atoms with Crippen LogP contribution in [0.5, 0.6) is 5.75 Å². The van der Waals surface area contributed by atoms with Gasteiger partial charge in [-0.2, -0.15) is 0 Å². The predicted molar refractivity (Wildman–Crippen MR) is 87.4 cm³/mol. The number of ether oxygens (including phenoxy) is 1. The van der Waals surface area contributed by atoms with E-state index < -0.39 is 0 Å². The number of aromatic nitrogens is 2. The van der Waals surface area contributed by atoms with Crippen LogP contribution in [0, 0.1) is 6.92 Å². The van der Waals surface area contributed by atoms with Gasteiger partial charge in [-0.3, -0.25) is 9.97 Å². The molecule has 0 saturated heterocycles. The summed E-state index contributed by atoms with van der Waals surface area (Å²) in [6.45, 7) is 6.22. The van der Waals surface area contributed by atoms with E-state index in [1.807, 2.05) is 13.0 Å². The van der Waals surface area contributed by atoms with Gasteiger partial charge in [-0.05, 0) is 54.4 Å². The minimum atomic E-state index is 0.134. The highest BCUT2D eigenvalue weighted by Crippen LogP contribution is 2.29. The van der Waals surface area contributed by atoms with Crippen molar-refractivity contribution in [2.45, 2.75) is 32.9 Å². The monoisotopic (exact) mass is 349 g/mol. The van der Waals surface area contributed by atoms with Gasteiger partial charge in [-0.15, -0.1) is 0 Å². The normalized spacial score (nSPS) is 13.8. The number of nitrogens with one attached hydrogen (secondary N) is 1. The average Bonchev–Trinajstić information content (AvgIpc) is 2.47. The molecule has 0 aliphatic rings. The van der Waals surface area contributed by atoms with Crippen LogP contribution in [-0.2, 0) is 0 Å². The second-order valence-corrected chi connectivity index (χ2v) is 5.89. The minimum Gasteiger partial charge on any atom is -0.496 e. The number of benzene rings is 1. The van der Waals surface area contributed by atoms with Gasteiger partial charge < -0.3 is 10.1 Å². The lowest BCUT2D eigenvalue weighted by atomic mass is 10.1. The second kappa shape index (κ2) is 7.00. The van der Waals surface area contributed by atoms with Crippen LogP contribution >= 0.6 is 15.9 Å². The largest absolute Gasteiger partial charge is 0.496 e. The van der Waals surface area contributed by atoms with Gasteiger partial charge in [0.05, 0.1) is 23.0 Å². The van der Waals surface area contributed by atoms with Crippen LogP contribution in [0.2, 0.25) is 0 Å². The summed E-state index contributed by atoms with van der Waals surface area (Å²) in [5.41, 5.74) is 3.13. The van der Waals surface area contributed by atoms with Crippen molar-refractivity contribution in [3.8, 4) is 5.75 Å². The summed E-state index contributed by atoms with van der Waals surface area (Å²) in [5.74, 6) is 0.837. The highest BCUT2D eigenvalue weighted by atomic mass is 79.9. The zero-order valence-electron chi connectivity index (χ0n) is 12.7. The third kappa shape index (κ3) is 3.80. The molecule has 0 fully saturated rings. The summed E-state index contributed by atoms with van der Waals surface area (Å²) in [5, 5.41) is 3.55. The Morgan fingerprint density at radius 1 is 1.14 bits per heavy atom. The SMILES string of the molecule is COc1ccc(C(C)NC(C)c2nccnc2C)cc1Br. The highest BCUT2D eigenvalue weighted by Gasteiger charge is 2.15. The Hall–Kier alpha value is -1.46. The van der Waals surface area contributed by atoms with Gasteiger partial charge in [0.1, 0.15) is 5.75 Å². The summed E-state index contributed by atoms with van der Waals surface area (Å²) < 4.78 is 6.22. The maximum Gasteiger partial charge on any atom is 0.133 e. The average molecular weight is 350 g/mol. The van der Waals surface area contributed by atoms with E-state index in [0.29, 0.717) is 0 Å². The van der Waals surface area contributed by atoms with Gasteiger partial charge in [0.15, 0.2) is 0 Å². The standard InChI is InChI=1S/C16H20BrN3O/c1-10(13-5-6-15(21-4)14(17)9-13)20-12(3)16-11(2)18-7-8-19-16/h5-10,12,20H,1-4H3. The molecule has 0 radical (unpaired) electrons.